The second-order valence-electron chi connectivity index (χ2n) is 13.2. The van der Waals surface area contributed by atoms with Crippen LogP contribution >= 0.6 is 11.6 Å². The van der Waals surface area contributed by atoms with Crippen LogP contribution < -0.4 is 14.4 Å². The Labute approximate surface area is 267 Å². The molecule has 7 atom stereocenters. The van der Waals surface area contributed by atoms with E-state index in [0.29, 0.717) is 24.5 Å². The maximum atomic E-state index is 13.4. The van der Waals surface area contributed by atoms with E-state index in [4.69, 9.17) is 25.8 Å². The lowest BCUT2D eigenvalue weighted by molar-refractivity contribution is -0.0335. The van der Waals surface area contributed by atoms with E-state index < -0.39 is 17.1 Å². The van der Waals surface area contributed by atoms with Gasteiger partial charge in [-0.05, 0) is 112 Å². The molecule has 8 nitrogen and oxygen atoms in total. The molecule has 1 saturated carbocycles. The molecule has 6 rings (SSSR count). The molecule has 1 N–H and O–H groups in total. The van der Waals surface area contributed by atoms with Crippen molar-refractivity contribution in [2.75, 3.05) is 31.7 Å². The molecule has 6 unspecified atom stereocenters. The first-order valence-electron chi connectivity index (χ1n) is 15.9. The van der Waals surface area contributed by atoms with Crippen molar-refractivity contribution in [2.24, 2.45) is 17.8 Å². The van der Waals surface area contributed by atoms with Gasteiger partial charge in [0.1, 0.15) is 22.8 Å². The topological polar surface area (TPSA) is 94.2 Å². The van der Waals surface area contributed by atoms with Crippen molar-refractivity contribution < 1.29 is 28.0 Å². The number of amides is 1. The van der Waals surface area contributed by atoms with E-state index >= 15 is 0 Å². The van der Waals surface area contributed by atoms with Gasteiger partial charge in [-0.2, -0.15) is 0 Å². The second-order valence-corrected chi connectivity index (χ2v) is 15.2. The van der Waals surface area contributed by atoms with Crippen molar-refractivity contribution in [2.45, 2.75) is 82.0 Å². The van der Waals surface area contributed by atoms with E-state index in [9.17, 15) is 13.8 Å². The maximum absolute atomic E-state index is 13.4. The number of fused-ring (bicyclic) bond motifs is 4. The molecular formula is C34H43ClN2O6S. The molecule has 2 aromatic rings. The molecule has 2 aliphatic carbocycles. The van der Waals surface area contributed by atoms with Crippen LogP contribution in [-0.2, 0) is 32.3 Å². The highest BCUT2D eigenvalue weighted by Gasteiger charge is 2.45. The Balaban J connectivity index is 1.40. The Hall–Kier alpha value is -2.78. The zero-order valence-corrected chi connectivity index (χ0v) is 27.4. The SMILES string of the molecule is COC(=O)OC1CCCC(C)C(C)S(=O)NC(=O)c2ccc3c(c2)N(CC2CCC21)C[C@@]1(CCCc2cc(Cl)ccc21)CO3. The predicted octanol–water partition coefficient (Wildman–Crippen LogP) is 6.59. The minimum atomic E-state index is -1.55. The minimum Gasteiger partial charge on any atom is -0.490 e. The van der Waals surface area contributed by atoms with Gasteiger partial charge in [-0.25, -0.2) is 9.00 Å². The van der Waals surface area contributed by atoms with Crippen LogP contribution in [0.2, 0.25) is 5.02 Å². The van der Waals surface area contributed by atoms with E-state index in [1.165, 1.54) is 18.2 Å². The van der Waals surface area contributed by atoms with Gasteiger partial charge in [0, 0.05) is 35.0 Å². The number of hydrogen-bond acceptors (Lipinski definition) is 7. The van der Waals surface area contributed by atoms with Crippen LogP contribution in [0, 0.1) is 17.8 Å². The summed E-state index contributed by atoms with van der Waals surface area (Å²) in [5.74, 6) is 1.01. The van der Waals surface area contributed by atoms with Crippen LogP contribution in [0.25, 0.3) is 0 Å². The predicted molar refractivity (Wildman–Crippen MR) is 172 cm³/mol. The number of benzene rings is 2. The summed E-state index contributed by atoms with van der Waals surface area (Å²) >= 11 is 6.42. The summed E-state index contributed by atoms with van der Waals surface area (Å²) in [7, 11) is -0.199. The molecule has 1 fully saturated rings. The Bertz CT molecular complexity index is 1440. The van der Waals surface area contributed by atoms with Crippen molar-refractivity contribution >= 4 is 40.3 Å². The average Bonchev–Trinajstić information content (AvgIpc) is 3.14. The number of halogens is 1. The van der Waals surface area contributed by atoms with Crippen molar-refractivity contribution in [3.8, 4) is 5.75 Å². The summed E-state index contributed by atoms with van der Waals surface area (Å²) in [4.78, 5) is 28.1. The first kappa shape index (κ1) is 31.2. The highest BCUT2D eigenvalue weighted by atomic mass is 35.5. The van der Waals surface area contributed by atoms with Gasteiger partial charge in [0.15, 0.2) is 0 Å². The first-order chi connectivity index (χ1) is 21.2. The molecule has 10 heteroatoms. The van der Waals surface area contributed by atoms with Gasteiger partial charge in [0.25, 0.3) is 5.91 Å². The molecule has 2 aliphatic heterocycles. The van der Waals surface area contributed by atoms with Crippen LogP contribution in [0.15, 0.2) is 36.4 Å². The molecular weight excluding hydrogens is 600 g/mol. The van der Waals surface area contributed by atoms with Crippen LogP contribution in [-0.4, -0.2) is 54.4 Å². The van der Waals surface area contributed by atoms with E-state index in [1.54, 1.807) is 6.07 Å². The number of ether oxygens (including phenoxy) is 3. The summed E-state index contributed by atoms with van der Waals surface area (Å²) in [6, 6.07) is 11.8. The fourth-order valence-electron chi connectivity index (χ4n) is 7.71. The van der Waals surface area contributed by atoms with Crippen LogP contribution in [0.1, 0.15) is 80.3 Å². The molecule has 0 saturated heterocycles. The highest BCUT2D eigenvalue weighted by Crippen LogP contribution is 2.47. The molecule has 2 aromatic carbocycles. The number of methoxy groups -OCH3 is 1. The molecule has 4 aliphatic rings. The zero-order chi connectivity index (χ0) is 31.0. The number of hydrogen-bond donors (Lipinski definition) is 1. The van der Waals surface area contributed by atoms with Crippen LogP contribution in [0.3, 0.4) is 0 Å². The quantitative estimate of drug-likeness (QED) is 0.351. The molecule has 1 amide bonds. The largest absolute Gasteiger partial charge is 0.508 e. The van der Waals surface area contributed by atoms with Crippen molar-refractivity contribution in [1.82, 2.24) is 4.72 Å². The third kappa shape index (κ3) is 6.19. The van der Waals surface area contributed by atoms with Crippen molar-refractivity contribution in [3.63, 3.8) is 0 Å². The highest BCUT2D eigenvalue weighted by molar-refractivity contribution is 7.84. The summed E-state index contributed by atoms with van der Waals surface area (Å²) < 4.78 is 33.4. The number of aryl methyl sites for hydroxylation is 1. The summed E-state index contributed by atoms with van der Waals surface area (Å²) in [6.07, 6.45) is 6.49. The Morgan fingerprint density at radius 2 is 1.95 bits per heavy atom. The molecule has 2 heterocycles. The lowest BCUT2D eigenvalue weighted by Crippen LogP contribution is -2.50. The Kier molecular flexibility index (Phi) is 9.16. The van der Waals surface area contributed by atoms with Gasteiger partial charge in [-0.15, -0.1) is 0 Å². The fraction of sp³-hybridized carbons (Fsp3) is 0.588. The number of rotatable bonds is 1. The molecule has 44 heavy (non-hydrogen) atoms. The fourth-order valence-corrected chi connectivity index (χ4v) is 8.95. The average molecular weight is 643 g/mol. The van der Waals surface area contributed by atoms with Gasteiger partial charge >= 0.3 is 6.16 Å². The van der Waals surface area contributed by atoms with E-state index in [-0.39, 0.29) is 34.5 Å². The lowest BCUT2D eigenvalue weighted by atomic mass is 9.68. The number of anilines is 1. The summed E-state index contributed by atoms with van der Waals surface area (Å²) in [6.45, 7) is 5.97. The maximum Gasteiger partial charge on any atom is 0.508 e. The number of carbonyl (C=O) groups is 2. The minimum absolute atomic E-state index is 0.111. The second kappa shape index (κ2) is 12.9. The van der Waals surface area contributed by atoms with E-state index in [2.05, 4.69) is 28.7 Å². The van der Waals surface area contributed by atoms with Gasteiger partial charge in [-0.3, -0.25) is 9.52 Å². The molecule has 0 radical (unpaired) electrons. The third-order valence-corrected chi connectivity index (χ3v) is 12.4. The molecule has 0 aromatic heterocycles. The van der Waals surface area contributed by atoms with Crippen molar-refractivity contribution in [1.29, 1.82) is 0 Å². The summed E-state index contributed by atoms with van der Waals surface area (Å²) in [5.41, 5.74) is 3.63. The van der Waals surface area contributed by atoms with E-state index in [1.807, 2.05) is 25.1 Å². The van der Waals surface area contributed by atoms with Gasteiger partial charge in [0.2, 0.25) is 0 Å². The molecule has 2 bridgehead atoms. The van der Waals surface area contributed by atoms with Gasteiger partial charge in [0.05, 0.1) is 24.7 Å². The molecule has 238 valence electrons. The Morgan fingerprint density at radius 3 is 2.73 bits per heavy atom. The number of carbonyl (C=O) groups excluding carboxylic acids is 2. The lowest BCUT2D eigenvalue weighted by Gasteiger charge is -2.46. The normalized spacial score (nSPS) is 32.2. The van der Waals surface area contributed by atoms with E-state index in [0.717, 1.165) is 74.5 Å². The first-order valence-corrected chi connectivity index (χ1v) is 17.5. The van der Waals surface area contributed by atoms with Crippen molar-refractivity contribution in [3.05, 3.63) is 58.1 Å². The van der Waals surface area contributed by atoms with Crippen LogP contribution in [0.5, 0.6) is 5.75 Å². The standard InChI is InChI=1S/C34H43ClN2O6S/c1-21-6-4-8-30(43-33(39)41-3)27-12-9-25(27)18-37-19-34(15-5-7-23-16-26(35)11-13-28(23)34)20-42-31-14-10-24(17-29(31)37)32(38)36-44(40)22(21)2/h10-11,13-14,16-17,21-22,25,27,30H,4-9,12,15,18-20H2,1-3H3,(H,36,38)/t21?,22?,25?,27?,30?,34-,44?/m0/s1. The van der Waals surface area contributed by atoms with Gasteiger partial charge in [-0.1, -0.05) is 24.6 Å². The Morgan fingerprint density at radius 1 is 1.11 bits per heavy atom. The van der Waals surface area contributed by atoms with Gasteiger partial charge < -0.3 is 19.1 Å². The number of nitrogens with zero attached hydrogens (tertiary/aromatic N) is 1. The monoisotopic (exact) mass is 642 g/mol. The van der Waals surface area contributed by atoms with Crippen LogP contribution in [0.4, 0.5) is 10.5 Å². The number of nitrogens with one attached hydrogen (secondary N) is 1. The smallest absolute Gasteiger partial charge is 0.490 e. The zero-order valence-electron chi connectivity index (χ0n) is 25.8. The summed E-state index contributed by atoms with van der Waals surface area (Å²) in [5, 5.41) is 0.512. The third-order valence-electron chi connectivity index (χ3n) is 10.6. The molecule has 1 spiro atoms.